The first-order chi connectivity index (χ1) is 11.3. The largest absolute Gasteiger partial charge is 0.348 e. The normalized spacial score (nSPS) is 11.2. The summed E-state index contributed by atoms with van der Waals surface area (Å²) in [5.74, 6) is 0. The Bertz CT molecular complexity index is 1030. The quantitative estimate of drug-likeness (QED) is 0.581. The van der Waals surface area contributed by atoms with Crippen molar-refractivity contribution in [2.75, 3.05) is 0 Å². The van der Waals surface area contributed by atoms with Crippen LogP contribution in [-0.2, 0) is 6.54 Å². The van der Waals surface area contributed by atoms with Gasteiger partial charge >= 0.3 is 5.69 Å². The van der Waals surface area contributed by atoms with E-state index >= 15 is 0 Å². The van der Waals surface area contributed by atoms with E-state index in [1.165, 1.54) is 0 Å². The molecule has 4 aromatic rings. The highest BCUT2D eigenvalue weighted by molar-refractivity contribution is 7.08. The van der Waals surface area contributed by atoms with Crippen LogP contribution >= 0.6 is 11.3 Å². The van der Waals surface area contributed by atoms with Crippen LogP contribution in [0.5, 0.6) is 0 Å². The van der Waals surface area contributed by atoms with Crippen molar-refractivity contribution in [3.8, 4) is 16.9 Å². The number of hydrogen-bond donors (Lipinski definition) is 0. The number of aryl methyl sites for hydroxylation is 1. The van der Waals surface area contributed by atoms with E-state index in [9.17, 15) is 4.79 Å². The summed E-state index contributed by atoms with van der Waals surface area (Å²) in [5.41, 5.74) is 4.37. The molecular weight excluding hydrogens is 308 g/mol. The van der Waals surface area contributed by atoms with Crippen LogP contribution in [0.2, 0.25) is 0 Å². The first kappa shape index (κ1) is 13.9. The van der Waals surface area contributed by atoms with Crippen LogP contribution in [0.3, 0.4) is 0 Å². The Hall–Kier alpha value is -2.73. The molecule has 0 saturated carbocycles. The van der Waals surface area contributed by atoms with E-state index in [1.807, 2.05) is 42.9 Å². The van der Waals surface area contributed by atoms with Crippen molar-refractivity contribution >= 4 is 22.4 Å². The molecule has 0 fully saturated rings. The molecule has 5 nitrogen and oxygen atoms in total. The van der Waals surface area contributed by atoms with Crippen LogP contribution in [0, 0.1) is 0 Å². The Morgan fingerprint density at radius 1 is 1.22 bits per heavy atom. The zero-order valence-corrected chi connectivity index (χ0v) is 13.3. The third-order valence-electron chi connectivity index (χ3n) is 3.84. The van der Waals surface area contributed by atoms with Gasteiger partial charge in [-0.1, -0.05) is 6.07 Å². The summed E-state index contributed by atoms with van der Waals surface area (Å²) in [6, 6.07) is 9.89. The average Bonchev–Trinajstić information content (AvgIpc) is 3.23. The molecular formula is C17H14N4OS. The molecule has 114 valence electrons. The minimum atomic E-state index is -0.228. The van der Waals surface area contributed by atoms with Crippen molar-refractivity contribution in [2.24, 2.45) is 0 Å². The molecule has 0 amide bonds. The van der Waals surface area contributed by atoms with E-state index in [1.54, 1.807) is 22.1 Å². The number of hydrogen-bond acceptors (Lipinski definition) is 4. The maximum Gasteiger partial charge on any atom is 0.348 e. The van der Waals surface area contributed by atoms with Crippen molar-refractivity contribution in [2.45, 2.75) is 13.5 Å². The first-order valence-electron chi connectivity index (χ1n) is 7.34. The molecule has 0 atom stereocenters. The SMILES string of the molecule is CCn1ccc(-c2ccc3c(c2)ncn3-c2ccsc2)nc1=O. The molecule has 0 saturated heterocycles. The molecule has 0 N–H and O–H groups in total. The van der Waals surface area contributed by atoms with Crippen molar-refractivity contribution in [1.29, 1.82) is 0 Å². The fourth-order valence-electron chi connectivity index (χ4n) is 2.60. The van der Waals surface area contributed by atoms with Crippen LogP contribution in [0.4, 0.5) is 0 Å². The van der Waals surface area contributed by atoms with Crippen LogP contribution in [-0.4, -0.2) is 19.1 Å². The Labute approximate surface area is 136 Å². The van der Waals surface area contributed by atoms with E-state index in [4.69, 9.17) is 0 Å². The lowest BCUT2D eigenvalue weighted by Crippen LogP contribution is -2.21. The van der Waals surface area contributed by atoms with Gasteiger partial charge < -0.3 is 0 Å². The molecule has 23 heavy (non-hydrogen) atoms. The van der Waals surface area contributed by atoms with E-state index in [-0.39, 0.29) is 5.69 Å². The molecule has 0 radical (unpaired) electrons. The number of fused-ring (bicyclic) bond motifs is 1. The van der Waals surface area contributed by atoms with Crippen LogP contribution < -0.4 is 5.69 Å². The van der Waals surface area contributed by atoms with Gasteiger partial charge in [0.15, 0.2) is 0 Å². The molecule has 0 aliphatic carbocycles. The van der Waals surface area contributed by atoms with Gasteiger partial charge in [-0.3, -0.25) is 9.13 Å². The molecule has 0 spiro atoms. The fraction of sp³-hybridized carbons (Fsp3) is 0.118. The highest BCUT2D eigenvalue weighted by Crippen LogP contribution is 2.24. The predicted molar refractivity (Wildman–Crippen MR) is 92.1 cm³/mol. The molecule has 6 heteroatoms. The Kier molecular flexibility index (Phi) is 3.31. The maximum atomic E-state index is 11.9. The molecule has 0 aliphatic heterocycles. The summed E-state index contributed by atoms with van der Waals surface area (Å²) in [6.45, 7) is 2.54. The zero-order chi connectivity index (χ0) is 15.8. The van der Waals surface area contributed by atoms with Gasteiger partial charge in [-0.25, -0.2) is 9.78 Å². The third-order valence-corrected chi connectivity index (χ3v) is 4.51. The molecule has 3 heterocycles. The first-order valence-corrected chi connectivity index (χ1v) is 8.28. The summed E-state index contributed by atoms with van der Waals surface area (Å²) >= 11 is 1.66. The van der Waals surface area contributed by atoms with Gasteiger partial charge in [0.25, 0.3) is 0 Å². The van der Waals surface area contributed by atoms with E-state index in [0.717, 1.165) is 22.3 Å². The standard InChI is InChI=1S/C17H14N4OS/c1-2-20-7-5-14(19-17(20)22)12-3-4-16-15(9-12)18-11-21(16)13-6-8-23-10-13/h3-11H,2H2,1H3. The predicted octanol–water partition coefficient (Wildman–Crippen LogP) is 3.33. The van der Waals surface area contributed by atoms with Gasteiger partial charge in [-0.15, -0.1) is 0 Å². The highest BCUT2D eigenvalue weighted by Gasteiger charge is 2.08. The number of benzene rings is 1. The van der Waals surface area contributed by atoms with Gasteiger partial charge in [0.1, 0.15) is 6.33 Å². The summed E-state index contributed by atoms with van der Waals surface area (Å²) in [4.78, 5) is 20.5. The second-order valence-corrected chi connectivity index (χ2v) is 5.96. The second kappa shape index (κ2) is 5.48. The average molecular weight is 322 g/mol. The lowest BCUT2D eigenvalue weighted by molar-refractivity contribution is 0.700. The number of aromatic nitrogens is 4. The molecule has 0 bridgehead atoms. The Balaban J connectivity index is 1.81. The van der Waals surface area contributed by atoms with Crippen LogP contribution in [0.25, 0.3) is 28.0 Å². The van der Waals surface area contributed by atoms with Gasteiger partial charge in [0, 0.05) is 23.7 Å². The Morgan fingerprint density at radius 3 is 2.87 bits per heavy atom. The minimum Gasteiger partial charge on any atom is -0.299 e. The van der Waals surface area contributed by atoms with Crippen molar-refractivity contribution in [3.63, 3.8) is 0 Å². The summed E-state index contributed by atoms with van der Waals surface area (Å²) in [7, 11) is 0. The van der Waals surface area contributed by atoms with Gasteiger partial charge in [0.05, 0.1) is 22.4 Å². The molecule has 0 aliphatic rings. The molecule has 0 unspecified atom stereocenters. The molecule has 4 rings (SSSR count). The fourth-order valence-corrected chi connectivity index (χ4v) is 3.23. The minimum absolute atomic E-state index is 0.228. The van der Waals surface area contributed by atoms with Gasteiger partial charge in [-0.2, -0.15) is 16.3 Å². The maximum absolute atomic E-state index is 11.9. The smallest absolute Gasteiger partial charge is 0.299 e. The second-order valence-electron chi connectivity index (χ2n) is 5.18. The highest BCUT2D eigenvalue weighted by atomic mass is 32.1. The van der Waals surface area contributed by atoms with Crippen molar-refractivity contribution in [3.05, 3.63) is 64.1 Å². The van der Waals surface area contributed by atoms with Gasteiger partial charge in [0.2, 0.25) is 0 Å². The number of thiophene rings is 1. The number of imidazole rings is 1. The summed E-state index contributed by atoms with van der Waals surface area (Å²) < 4.78 is 3.63. The zero-order valence-electron chi connectivity index (χ0n) is 12.5. The summed E-state index contributed by atoms with van der Waals surface area (Å²) in [5, 5.41) is 4.13. The van der Waals surface area contributed by atoms with E-state index < -0.39 is 0 Å². The van der Waals surface area contributed by atoms with Crippen LogP contribution in [0.15, 0.2) is 58.4 Å². The lowest BCUT2D eigenvalue weighted by Gasteiger charge is -2.05. The Morgan fingerprint density at radius 2 is 2.13 bits per heavy atom. The number of rotatable bonds is 3. The summed E-state index contributed by atoms with van der Waals surface area (Å²) in [6.07, 6.45) is 3.60. The van der Waals surface area contributed by atoms with E-state index in [0.29, 0.717) is 12.2 Å². The lowest BCUT2D eigenvalue weighted by atomic mass is 10.1. The molecule has 3 aromatic heterocycles. The van der Waals surface area contributed by atoms with Gasteiger partial charge in [-0.05, 0) is 36.6 Å². The number of nitrogens with zero attached hydrogens (tertiary/aromatic N) is 4. The van der Waals surface area contributed by atoms with E-state index in [2.05, 4.69) is 26.0 Å². The monoisotopic (exact) mass is 322 g/mol. The molecule has 1 aromatic carbocycles. The van der Waals surface area contributed by atoms with Crippen molar-refractivity contribution < 1.29 is 0 Å². The third kappa shape index (κ3) is 2.37. The van der Waals surface area contributed by atoms with Crippen LogP contribution in [0.1, 0.15) is 6.92 Å². The van der Waals surface area contributed by atoms with Crippen molar-refractivity contribution in [1.82, 2.24) is 19.1 Å². The topological polar surface area (TPSA) is 52.7 Å².